The van der Waals surface area contributed by atoms with Crippen LogP contribution in [0.4, 0.5) is 11.4 Å². The zero-order valence-electron chi connectivity index (χ0n) is 19.6. The molecule has 0 spiro atoms. The van der Waals surface area contributed by atoms with Crippen molar-refractivity contribution in [3.8, 4) is 5.75 Å². The zero-order valence-corrected chi connectivity index (χ0v) is 21.2. The van der Waals surface area contributed by atoms with Gasteiger partial charge in [0, 0.05) is 21.3 Å². The minimum absolute atomic E-state index is 0.0553. The molecule has 0 saturated heterocycles. The van der Waals surface area contributed by atoms with Crippen molar-refractivity contribution in [1.29, 1.82) is 0 Å². The number of rotatable bonds is 7. The summed E-state index contributed by atoms with van der Waals surface area (Å²) in [5.41, 5.74) is 1.18. The molecular formula is C27H29BrN2O5. The second kappa shape index (κ2) is 9.30. The molecule has 8 heteroatoms. The number of halogens is 1. The average Bonchev–Trinajstić information content (AvgIpc) is 2.82. The van der Waals surface area contributed by atoms with Gasteiger partial charge >= 0.3 is 5.97 Å². The van der Waals surface area contributed by atoms with Crippen LogP contribution in [0, 0.1) is 17.3 Å². The molecule has 4 fully saturated rings. The van der Waals surface area contributed by atoms with Crippen LogP contribution in [0.1, 0.15) is 48.9 Å². The Bertz CT molecular complexity index is 1120. The Hall–Kier alpha value is -2.87. The summed E-state index contributed by atoms with van der Waals surface area (Å²) in [5.74, 6) is 0.943. The molecule has 2 aromatic rings. The van der Waals surface area contributed by atoms with Crippen LogP contribution < -0.4 is 15.4 Å². The van der Waals surface area contributed by atoms with E-state index in [9.17, 15) is 14.4 Å². The number of esters is 1. The Morgan fingerprint density at radius 1 is 0.914 bits per heavy atom. The van der Waals surface area contributed by atoms with E-state index in [1.807, 2.05) is 0 Å². The molecule has 2 unspecified atom stereocenters. The lowest BCUT2D eigenvalue weighted by Gasteiger charge is -2.58. The molecule has 0 radical (unpaired) electrons. The summed E-state index contributed by atoms with van der Waals surface area (Å²) < 4.78 is 10.7. The lowest BCUT2D eigenvalue weighted by Crippen LogP contribution is -2.56. The normalized spacial score (nSPS) is 28.3. The van der Waals surface area contributed by atoms with Gasteiger partial charge in [-0.15, -0.1) is 0 Å². The number of alkyl halides is 1. The number of nitrogens with one attached hydrogen (secondary N) is 2. The summed E-state index contributed by atoms with van der Waals surface area (Å²) in [6.45, 7) is -0.315. The fraction of sp³-hybridized carbons (Fsp3) is 0.444. The molecule has 0 heterocycles. The van der Waals surface area contributed by atoms with Crippen molar-refractivity contribution in [1.82, 2.24) is 0 Å². The van der Waals surface area contributed by atoms with Gasteiger partial charge in [-0.05, 0) is 98.9 Å². The van der Waals surface area contributed by atoms with E-state index in [-0.39, 0.29) is 22.8 Å². The van der Waals surface area contributed by atoms with Gasteiger partial charge in [0.1, 0.15) is 5.75 Å². The predicted octanol–water partition coefficient (Wildman–Crippen LogP) is 5.16. The molecule has 6 rings (SSSR count). The number of anilines is 2. The molecule has 0 aromatic heterocycles. The third-order valence-electron chi connectivity index (χ3n) is 7.54. The van der Waals surface area contributed by atoms with E-state index in [1.54, 1.807) is 55.6 Å². The van der Waals surface area contributed by atoms with Crippen LogP contribution >= 0.6 is 15.9 Å². The summed E-state index contributed by atoms with van der Waals surface area (Å²) in [7, 11) is 1.58. The molecule has 4 bridgehead atoms. The van der Waals surface area contributed by atoms with Gasteiger partial charge in [0.25, 0.3) is 11.8 Å². The van der Waals surface area contributed by atoms with E-state index >= 15 is 0 Å². The first-order chi connectivity index (χ1) is 16.8. The molecule has 0 aliphatic heterocycles. The number of hydrogen-bond acceptors (Lipinski definition) is 5. The van der Waals surface area contributed by atoms with E-state index in [0.29, 0.717) is 34.5 Å². The van der Waals surface area contributed by atoms with E-state index in [4.69, 9.17) is 9.47 Å². The van der Waals surface area contributed by atoms with Gasteiger partial charge in [-0.2, -0.15) is 0 Å². The van der Waals surface area contributed by atoms with E-state index < -0.39 is 11.3 Å². The zero-order chi connectivity index (χ0) is 24.6. The summed E-state index contributed by atoms with van der Waals surface area (Å²) in [4.78, 5) is 37.9. The minimum atomic E-state index is -0.452. The highest BCUT2D eigenvalue weighted by Gasteiger charge is 2.60. The van der Waals surface area contributed by atoms with E-state index in [2.05, 4.69) is 26.6 Å². The van der Waals surface area contributed by atoms with Crippen LogP contribution in [0.2, 0.25) is 0 Å². The predicted molar refractivity (Wildman–Crippen MR) is 136 cm³/mol. The largest absolute Gasteiger partial charge is 0.497 e. The van der Waals surface area contributed by atoms with Crippen molar-refractivity contribution in [2.75, 3.05) is 24.4 Å². The van der Waals surface area contributed by atoms with Crippen LogP contribution in [0.3, 0.4) is 0 Å². The van der Waals surface area contributed by atoms with Crippen molar-refractivity contribution in [2.45, 2.75) is 42.8 Å². The number of hydrogen-bond donors (Lipinski definition) is 2. The monoisotopic (exact) mass is 540 g/mol. The molecule has 184 valence electrons. The van der Waals surface area contributed by atoms with Gasteiger partial charge < -0.3 is 20.1 Å². The summed E-state index contributed by atoms with van der Waals surface area (Å²) in [6, 6.07) is 13.6. The summed E-state index contributed by atoms with van der Waals surface area (Å²) in [5, 5.41) is 5.55. The van der Waals surface area contributed by atoms with Gasteiger partial charge in [0.15, 0.2) is 6.61 Å². The van der Waals surface area contributed by atoms with Crippen molar-refractivity contribution in [2.24, 2.45) is 17.3 Å². The molecule has 7 nitrogen and oxygen atoms in total. The molecule has 35 heavy (non-hydrogen) atoms. The summed E-state index contributed by atoms with van der Waals surface area (Å²) >= 11 is 3.90. The first-order valence-corrected chi connectivity index (χ1v) is 12.8. The second-order valence-corrected chi connectivity index (χ2v) is 12.0. The number of benzene rings is 2. The first kappa shape index (κ1) is 23.9. The second-order valence-electron chi connectivity index (χ2n) is 10.3. The Kier molecular flexibility index (Phi) is 6.34. The maximum atomic E-state index is 13.0. The summed E-state index contributed by atoms with van der Waals surface area (Å²) in [6.07, 6.45) is 6.01. The highest BCUT2D eigenvalue weighted by atomic mass is 79.9. The van der Waals surface area contributed by atoms with Gasteiger partial charge in [-0.25, -0.2) is 0 Å². The maximum Gasteiger partial charge on any atom is 0.312 e. The molecule has 2 N–H and O–H groups in total. The smallest absolute Gasteiger partial charge is 0.312 e. The fourth-order valence-electron chi connectivity index (χ4n) is 6.45. The van der Waals surface area contributed by atoms with Crippen molar-refractivity contribution in [3.63, 3.8) is 0 Å². The fourth-order valence-corrected chi connectivity index (χ4v) is 7.91. The van der Waals surface area contributed by atoms with Crippen LogP contribution in [0.15, 0.2) is 48.5 Å². The molecule has 4 atom stereocenters. The molecule has 4 aliphatic rings. The quantitative estimate of drug-likeness (QED) is 0.373. The standard InChI is InChI=1S/C27H29BrN2O5/c1-34-22-8-6-21(7-9-22)30-24(32)19-2-4-20(5-3-19)29-23(31)15-35-25(33)26-11-17-10-18(12-26)14-27(28,13-17)16-26/h2-9,17-18H,10-16H2,1H3,(H,29,31)(H,30,32)/t17-,18+,26?,27?. The van der Waals surface area contributed by atoms with Crippen molar-refractivity contribution >= 4 is 45.1 Å². The maximum absolute atomic E-state index is 13.0. The van der Waals surface area contributed by atoms with Crippen LogP contribution in [0.25, 0.3) is 0 Å². The average molecular weight is 541 g/mol. The molecule has 4 saturated carbocycles. The van der Waals surface area contributed by atoms with Gasteiger partial charge in [-0.1, -0.05) is 15.9 Å². The van der Waals surface area contributed by atoms with Crippen LogP contribution in [-0.4, -0.2) is 35.8 Å². The van der Waals surface area contributed by atoms with Crippen LogP contribution in [-0.2, 0) is 14.3 Å². The number of carbonyl (C=O) groups is 3. The lowest BCUT2D eigenvalue weighted by atomic mass is 9.49. The van der Waals surface area contributed by atoms with Gasteiger partial charge in [-0.3, -0.25) is 14.4 Å². The highest BCUT2D eigenvalue weighted by molar-refractivity contribution is 9.10. The third-order valence-corrected chi connectivity index (χ3v) is 8.46. The Balaban J connectivity index is 1.12. The minimum Gasteiger partial charge on any atom is -0.497 e. The first-order valence-electron chi connectivity index (χ1n) is 12.0. The molecular weight excluding hydrogens is 512 g/mol. The molecule has 4 aliphatic carbocycles. The van der Waals surface area contributed by atoms with Crippen molar-refractivity contribution in [3.05, 3.63) is 54.1 Å². The molecule has 2 aromatic carbocycles. The Morgan fingerprint density at radius 2 is 1.51 bits per heavy atom. The molecule has 2 amide bonds. The van der Waals surface area contributed by atoms with E-state index in [1.165, 1.54) is 6.42 Å². The number of amides is 2. The van der Waals surface area contributed by atoms with Crippen molar-refractivity contribution < 1.29 is 23.9 Å². The van der Waals surface area contributed by atoms with Gasteiger partial charge in [0.2, 0.25) is 0 Å². The Morgan fingerprint density at radius 3 is 2.11 bits per heavy atom. The number of carbonyl (C=O) groups excluding carboxylic acids is 3. The van der Waals surface area contributed by atoms with Gasteiger partial charge in [0.05, 0.1) is 12.5 Å². The van der Waals surface area contributed by atoms with E-state index in [0.717, 1.165) is 32.1 Å². The SMILES string of the molecule is COc1ccc(NC(=O)c2ccc(NC(=O)COC(=O)C34C[C@@H]5C[C@@H](CC(Br)(C5)C3)C4)cc2)cc1. The topological polar surface area (TPSA) is 93.7 Å². The number of methoxy groups -OCH3 is 1. The number of ether oxygens (including phenoxy) is 2. The van der Waals surface area contributed by atoms with Crippen LogP contribution in [0.5, 0.6) is 5.75 Å². The lowest BCUT2D eigenvalue weighted by molar-refractivity contribution is -0.170. The highest BCUT2D eigenvalue weighted by Crippen LogP contribution is 2.64. The third kappa shape index (κ3) is 5.08. The Labute approximate surface area is 213 Å².